The minimum absolute atomic E-state index is 0.307. The second kappa shape index (κ2) is 8.61. The van der Waals surface area contributed by atoms with E-state index in [0.717, 1.165) is 5.56 Å². The van der Waals surface area contributed by atoms with Crippen molar-refractivity contribution in [1.29, 1.82) is 0 Å². The van der Waals surface area contributed by atoms with E-state index in [9.17, 15) is 22.8 Å². The zero-order valence-corrected chi connectivity index (χ0v) is 15.7. The predicted molar refractivity (Wildman–Crippen MR) is 98.0 cm³/mol. The van der Waals surface area contributed by atoms with E-state index < -0.39 is 34.8 Å². The Bertz CT molecular complexity index is 859. The van der Waals surface area contributed by atoms with E-state index >= 15 is 0 Å². The summed E-state index contributed by atoms with van der Waals surface area (Å²) < 4.78 is 39.1. The maximum absolute atomic E-state index is 12.8. The number of aromatic nitrogens is 1. The van der Waals surface area contributed by atoms with Crippen molar-refractivity contribution >= 4 is 17.5 Å². The van der Waals surface area contributed by atoms with E-state index in [2.05, 4.69) is 19.2 Å². The number of rotatable bonds is 6. The van der Waals surface area contributed by atoms with Crippen molar-refractivity contribution in [3.63, 3.8) is 0 Å². The Labute approximate surface area is 160 Å². The van der Waals surface area contributed by atoms with E-state index in [1.54, 1.807) is 0 Å². The van der Waals surface area contributed by atoms with Crippen LogP contribution in [0, 0.1) is 0 Å². The minimum atomic E-state index is -4.66. The van der Waals surface area contributed by atoms with Gasteiger partial charge in [-0.25, -0.2) is 0 Å². The van der Waals surface area contributed by atoms with Crippen LogP contribution in [0.25, 0.3) is 0 Å². The van der Waals surface area contributed by atoms with Crippen molar-refractivity contribution in [3.05, 3.63) is 68.6 Å². The Balaban J connectivity index is 1.96. The van der Waals surface area contributed by atoms with Crippen LogP contribution in [0.5, 0.6) is 0 Å². The molecule has 1 N–H and O–H groups in total. The Morgan fingerprint density at radius 3 is 2.41 bits per heavy atom. The summed E-state index contributed by atoms with van der Waals surface area (Å²) in [5.41, 5.74) is 0.316. The van der Waals surface area contributed by atoms with Gasteiger partial charge in [0, 0.05) is 12.7 Å². The topological polar surface area (TPSA) is 51.1 Å². The highest BCUT2D eigenvalue weighted by atomic mass is 35.5. The fourth-order valence-corrected chi connectivity index (χ4v) is 2.72. The number of nitrogens with one attached hydrogen (secondary N) is 1. The van der Waals surface area contributed by atoms with E-state index in [0.29, 0.717) is 35.7 Å². The van der Waals surface area contributed by atoms with Crippen molar-refractivity contribution in [3.8, 4) is 0 Å². The molecule has 0 atom stereocenters. The van der Waals surface area contributed by atoms with Crippen molar-refractivity contribution in [2.75, 3.05) is 6.54 Å². The molecule has 0 radical (unpaired) electrons. The molecule has 0 bridgehead atoms. The standard InChI is InChI=1S/C19H20ClF3N2O2/c1-12(2)14-5-3-13(4-6-14)7-8-24-17(26)11-25-10-15(19(21,22)23)9-16(20)18(25)27/h3-6,9-10,12H,7-8,11H2,1-2H3,(H,24,26). The van der Waals surface area contributed by atoms with Gasteiger partial charge in [0.2, 0.25) is 5.91 Å². The summed E-state index contributed by atoms with van der Waals surface area (Å²) in [4.78, 5) is 23.8. The fourth-order valence-electron chi connectivity index (χ4n) is 2.50. The molecule has 0 aliphatic carbocycles. The van der Waals surface area contributed by atoms with Crippen LogP contribution in [-0.4, -0.2) is 17.0 Å². The maximum atomic E-state index is 12.8. The SMILES string of the molecule is CC(C)c1ccc(CCNC(=O)Cn2cc(C(F)(F)F)cc(Cl)c2=O)cc1. The molecule has 0 aliphatic heterocycles. The van der Waals surface area contributed by atoms with Gasteiger partial charge in [-0.2, -0.15) is 13.2 Å². The average Bonchev–Trinajstić information content (AvgIpc) is 2.58. The predicted octanol–water partition coefficient (Wildman–Crippen LogP) is 4.00. The number of hydrogen-bond acceptors (Lipinski definition) is 2. The van der Waals surface area contributed by atoms with Crippen LogP contribution in [0.1, 0.15) is 36.5 Å². The first-order chi connectivity index (χ1) is 12.6. The molecule has 1 amide bonds. The summed E-state index contributed by atoms with van der Waals surface area (Å²) in [6.45, 7) is 3.96. The molecular formula is C19H20ClF3N2O2. The van der Waals surface area contributed by atoms with Crippen molar-refractivity contribution < 1.29 is 18.0 Å². The number of alkyl halides is 3. The summed E-state index contributed by atoms with van der Waals surface area (Å²) in [5, 5.41) is 2.02. The maximum Gasteiger partial charge on any atom is 0.417 e. The smallest absolute Gasteiger partial charge is 0.354 e. The Kier molecular flexibility index (Phi) is 6.70. The quantitative estimate of drug-likeness (QED) is 0.796. The van der Waals surface area contributed by atoms with Crippen molar-refractivity contribution in [1.82, 2.24) is 9.88 Å². The minimum Gasteiger partial charge on any atom is -0.354 e. The van der Waals surface area contributed by atoms with Crippen LogP contribution in [-0.2, 0) is 23.9 Å². The number of carbonyl (C=O) groups is 1. The van der Waals surface area contributed by atoms with Crippen LogP contribution >= 0.6 is 11.6 Å². The average molecular weight is 401 g/mol. The summed E-state index contributed by atoms with van der Waals surface area (Å²) in [5.74, 6) is -0.136. The van der Waals surface area contributed by atoms with E-state index in [1.807, 2.05) is 24.3 Å². The number of halogens is 4. The van der Waals surface area contributed by atoms with Gasteiger partial charge in [0.05, 0.1) is 5.56 Å². The van der Waals surface area contributed by atoms with Crippen molar-refractivity contribution in [2.24, 2.45) is 0 Å². The number of benzene rings is 1. The molecule has 0 fully saturated rings. The molecule has 8 heteroatoms. The normalized spacial score (nSPS) is 11.7. The van der Waals surface area contributed by atoms with Gasteiger partial charge in [0.25, 0.3) is 5.56 Å². The molecule has 2 aromatic rings. The second-order valence-corrected chi connectivity index (χ2v) is 6.91. The van der Waals surface area contributed by atoms with Gasteiger partial charge in [-0.15, -0.1) is 0 Å². The third-order valence-electron chi connectivity index (χ3n) is 4.07. The van der Waals surface area contributed by atoms with Gasteiger partial charge in [0.15, 0.2) is 0 Å². The zero-order chi connectivity index (χ0) is 20.2. The second-order valence-electron chi connectivity index (χ2n) is 6.50. The molecule has 1 aromatic heterocycles. The molecule has 0 saturated carbocycles. The van der Waals surface area contributed by atoms with Crippen LogP contribution in [0.4, 0.5) is 13.2 Å². The molecule has 0 saturated heterocycles. The first kappa shape index (κ1) is 21.0. The molecule has 2 rings (SSSR count). The lowest BCUT2D eigenvalue weighted by Crippen LogP contribution is -2.34. The largest absolute Gasteiger partial charge is 0.417 e. The highest BCUT2D eigenvalue weighted by Crippen LogP contribution is 2.29. The van der Waals surface area contributed by atoms with Crippen LogP contribution < -0.4 is 10.9 Å². The number of amides is 1. The third-order valence-corrected chi connectivity index (χ3v) is 4.34. The molecule has 0 unspecified atom stereocenters. The zero-order valence-electron chi connectivity index (χ0n) is 14.9. The highest BCUT2D eigenvalue weighted by molar-refractivity contribution is 6.30. The molecule has 146 valence electrons. The summed E-state index contributed by atoms with van der Waals surface area (Å²) >= 11 is 5.56. The number of hydrogen-bond donors (Lipinski definition) is 1. The van der Waals surface area contributed by atoms with Crippen LogP contribution in [0.2, 0.25) is 5.02 Å². The van der Waals surface area contributed by atoms with Gasteiger partial charge in [0.1, 0.15) is 11.6 Å². The Morgan fingerprint density at radius 2 is 1.85 bits per heavy atom. The Morgan fingerprint density at radius 1 is 1.22 bits per heavy atom. The summed E-state index contributed by atoms with van der Waals surface area (Å²) in [6, 6.07) is 8.54. The lowest BCUT2D eigenvalue weighted by Gasteiger charge is -2.12. The molecule has 1 heterocycles. The Hall–Kier alpha value is -2.28. The van der Waals surface area contributed by atoms with Gasteiger partial charge < -0.3 is 9.88 Å². The number of carbonyl (C=O) groups excluding carboxylic acids is 1. The fraction of sp³-hybridized carbons (Fsp3) is 0.368. The first-order valence-electron chi connectivity index (χ1n) is 8.40. The van der Waals surface area contributed by atoms with Crippen LogP contribution in [0.15, 0.2) is 41.3 Å². The molecule has 1 aromatic carbocycles. The van der Waals surface area contributed by atoms with Gasteiger partial charge in [-0.3, -0.25) is 9.59 Å². The van der Waals surface area contributed by atoms with E-state index in [-0.39, 0.29) is 0 Å². The molecule has 27 heavy (non-hydrogen) atoms. The summed E-state index contributed by atoms with van der Waals surface area (Å²) in [7, 11) is 0. The van der Waals surface area contributed by atoms with E-state index in [4.69, 9.17) is 11.6 Å². The summed E-state index contributed by atoms with van der Waals surface area (Å²) in [6.07, 6.45) is -3.49. The van der Waals surface area contributed by atoms with Gasteiger partial charge in [-0.1, -0.05) is 49.7 Å². The molecule has 0 aliphatic rings. The highest BCUT2D eigenvalue weighted by Gasteiger charge is 2.32. The van der Waals surface area contributed by atoms with Gasteiger partial charge >= 0.3 is 6.18 Å². The lowest BCUT2D eigenvalue weighted by molar-refractivity contribution is -0.138. The van der Waals surface area contributed by atoms with Gasteiger partial charge in [-0.05, 0) is 29.5 Å². The number of nitrogens with zero attached hydrogens (tertiary/aromatic N) is 1. The molecule has 0 spiro atoms. The number of pyridine rings is 1. The van der Waals surface area contributed by atoms with Crippen molar-refractivity contribution in [2.45, 2.75) is 38.9 Å². The lowest BCUT2D eigenvalue weighted by atomic mass is 10.0. The first-order valence-corrected chi connectivity index (χ1v) is 8.78. The third kappa shape index (κ3) is 5.85. The molecule has 4 nitrogen and oxygen atoms in total. The van der Waals surface area contributed by atoms with E-state index in [1.165, 1.54) is 5.56 Å². The monoisotopic (exact) mass is 400 g/mol. The molecular weight excluding hydrogens is 381 g/mol. The van der Waals surface area contributed by atoms with Crippen LogP contribution in [0.3, 0.4) is 0 Å².